The van der Waals surface area contributed by atoms with E-state index < -0.39 is 66.0 Å². The highest BCUT2D eigenvalue weighted by Crippen LogP contribution is 2.37. The zero-order valence-electron chi connectivity index (χ0n) is 31.0. The standard InChI is InChI=1S/C42H42O13/c1-25(51-28(4)44)26(2)52-42(37(53-29(5)45)24-48-27(3)43)55-41-39(47)38-35(46)20-34(50-23-31-14-10-7-11-15-31)21-36(38)54-40(41)32-16-18-33(19-17-32)49-22-30-12-8-6-9-13-30/h6-21,25-26,37,42,46H,22-24H2,1-5H3. The number of phenolic OH excluding ortho intramolecular Hbond substituents is 1. The maximum atomic E-state index is 14.4. The zero-order chi connectivity index (χ0) is 39.5. The molecule has 0 amide bonds. The number of ether oxygens (including phenoxy) is 7. The van der Waals surface area contributed by atoms with E-state index in [0.29, 0.717) is 17.9 Å². The highest BCUT2D eigenvalue weighted by Gasteiger charge is 2.35. The van der Waals surface area contributed by atoms with Crippen LogP contribution in [0.1, 0.15) is 45.7 Å². The van der Waals surface area contributed by atoms with Crippen molar-refractivity contribution in [1.82, 2.24) is 0 Å². The molecule has 0 bridgehead atoms. The fourth-order valence-corrected chi connectivity index (χ4v) is 5.39. The summed E-state index contributed by atoms with van der Waals surface area (Å²) >= 11 is 0. The Morgan fingerprint density at radius 1 is 0.709 bits per heavy atom. The average Bonchev–Trinajstić information content (AvgIpc) is 3.15. The number of carbonyl (C=O) groups excluding carboxylic acids is 3. The first-order valence-electron chi connectivity index (χ1n) is 17.5. The van der Waals surface area contributed by atoms with Crippen molar-refractivity contribution < 1.29 is 57.1 Å². The second-order valence-electron chi connectivity index (χ2n) is 12.6. The summed E-state index contributed by atoms with van der Waals surface area (Å²) in [5, 5.41) is 11.0. The highest BCUT2D eigenvalue weighted by molar-refractivity contribution is 5.88. The van der Waals surface area contributed by atoms with E-state index in [-0.39, 0.29) is 29.1 Å². The van der Waals surface area contributed by atoms with E-state index in [9.17, 15) is 24.3 Å². The molecule has 0 aliphatic carbocycles. The molecule has 4 unspecified atom stereocenters. The predicted octanol–water partition coefficient (Wildman–Crippen LogP) is 6.88. The van der Waals surface area contributed by atoms with Crippen LogP contribution in [0.4, 0.5) is 0 Å². The van der Waals surface area contributed by atoms with Crippen molar-refractivity contribution in [1.29, 1.82) is 0 Å². The van der Waals surface area contributed by atoms with Gasteiger partial charge in [-0.2, -0.15) is 0 Å². The Morgan fingerprint density at radius 2 is 1.29 bits per heavy atom. The van der Waals surface area contributed by atoms with Crippen LogP contribution in [-0.4, -0.2) is 54.2 Å². The summed E-state index contributed by atoms with van der Waals surface area (Å²) in [5.41, 5.74) is 1.37. The molecule has 13 nitrogen and oxygen atoms in total. The number of esters is 3. The molecule has 0 aliphatic heterocycles. The van der Waals surface area contributed by atoms with Gasteiger partial charge < -0.3 is 42.7 Å². The largest absolute Gasteiger partial charge is 0.507 e. The van der Waals surface area contributed by atoms with Gasteiger partial charge in [0.25, 0.3) is 0 Å². The summed E-state index contributed by atoms with van der Waals surface area (Å²) in [4.78, 5) is 50.3. The molecule has 1 heterocycles. The summed E-state index contributed by atoms with van der Waals surface area (Å²) in [6, 6.07) is 28.4. The van der Waals surface area contributed by atoms with Crippen LogP contribution in [0.2, 0.25) is 0 Å². The monoisotopic (exact) mass is 754 g/mol. The lowest BCUT2D eigenvalue weighted by Crippen LogP contribution is -2.45. The summed E-state index contributed by atoms with van der Waals surface area (Å²) in [6.45, 7) is 6.64. The van der Waals surface area contributed by atoms with Gasteiger partial charge in [0.05, 0.1) is 6.10 Å². The smallest absolute Gasteiger partial charge is 0.303 e. The molecule has 1 aromatic heterocycles. The van der Waals surface area contributed by atoms with E-state index in [0.717, 1.165) is 25.0 Å². The van der Waals surface area contributed by atoms with Gasteiger partial charge in [0.15, 0.2) is 11.9 Å². The van der Waals surface area contributed by atoms with Crippen LogP contribution in [0.15, 0.2) is 106 Å². The van der Waals surface area contributed by atoms with Gasteiger partial charge in [0.2, 0.25) is 17.5 Å². The van der Waals surface area contributed by atoms with E-state index in [4.69, 9.17) is 37.6 Å². The molecule has 0 fully saturated rings. The van der Waals surface area contributed by atoms with Gasteiger partial charge in [0, 0.05) is 38.5 Å². The summed E-state index contributed by atoms with van der Waals surface area (Å²) < 4.78 is 46.6. The number of hydrogen-bond acceptors (Lipinski definition) is 13. The highest BCUT2D eigenvalue weighted by atomic mass is 16.7. The van der Waals surface area contributed by atoms with Crippen LogP contribution in [-0.2, 0) is 46.5 Å². The van der Waals surface area contributed by atoms with E-state index in [1.54, 1.807) is 38.1 Å². The molecule has 5 rings (SSSR count). The second-order valence-corrected chi connectivity index (χ2v) is 12.6. The van der Waals surface area contributed by atoms with Crippen LogP contribution >= 0.6 is 0 Å². The Hall–Kier alpha value is -6.34. The van der Waals surface area contributed by atoms with Crippen molar-refractivity contribution in [3.05, 3.63) is 118 Å². The quantitative estimate of drug-likeness (QED) is 0.0594. The van der Waals surface area contributed by atoms with Crippen molar-refractivity contribution in [3.63, 3.8) is 0 Å². The van der Waals surface area contributed by atoms with Gasteiger partial charge in [-0.05, 0) is 49.2 Å². The Morgan fingerprint density at radius 3 is 1.85 bits per heavy atom. The molecular formula is C42H42O13. The fraction of sp³-hybridized carbons (Fsp3) is 0.286. The molecule has 1 N–H and O–H groups in total. The molecule has 4 aromatic carbocycles. The van der Waals surface area contributed by atoms with Crippen LogP contribution in [0, 0.1) is 0 Å². The zero-order valence-corrected chi connectivity index (χ0v) is 31.0. The molecule has 5 aromatic rings. The van der Waals surface area contributed by atoms with Crippen LogP contribution < -0.4 is 19.6 Å². The minimum atomic E-state index is -1.64. The third kappa shape index (κ3) is 11.1. The minimum absolute atomic E-state index is 0.0226. The van der Waals surface area contributed by atoms with Crippen LogP contribution in [0.5, 0.6) is 23.0 Å². The van der Waals surface area contributed by atoms with Gasteiger partial charge >= 0.3 is 17.9 Å². The third-order valence-corrected chi connectivity index (χ3v) is 8.19. The number of rotatable bonds is 17. The first kappa shape index (κ1) is 39.9. The van der Waals surface area contributed by atoms with Gasteiger partial charge in [-0.3, -0.25) is 19.2 Å². The maximum Gasteiger partial charge on any atom is 0.303 e. The summed E-state index contributed by atoms with van der Waals surface area (Å²) in [5.74, 6) is -2.26. The molecule has 4 atom stereocenters. The molecular weight excluding hydrogens is 712 g/mol. The Balaban J connectivity index is 1.60. The average molecular weight is 755 g/mol. The second kappa shape index (κ2) is 18.6. The predicted molar refractivity (Wildman–Crippen MR) is 200 cm³/mol. The third-order valence-electron chi connectivity index (χ3n) is 8.19. The number of hydrogen-bond donors (Lipinski definition) is 1. The lowest BCUT2D eigenvalue weighted by Gasteiger charge is -2.31. The summed E-state index contributed by atoms with van der Waals surface area (Å²) in [6.07, 6.45) is -4.80. The fourth-order valence-electron chi connectivity index (χ4n) is 5.39. The van der Waals surface area contributed by atoms with E-state index >= 15 is 0 Å². The minimum Gasteiger partial charge on any atom is -0.507 e. The first-order valence-corrected chi connectivity index (χ1v) is 17.5. The SMILES string of the molecule is CC(=O)OCC(OC(C)=O)C(Oc1c(-c2ccc(OCc3ccccc3)cc2)oc2cc(OCc3ccccc3)cc(O)c2c1=O)OC(C)C(C)OC(C)=O. The topological polar surface area (TPSA) is 166 Å². The lowest BCUT2D eigenvalue weighted by atomic mass is 10.1. The van der Waals surface area contributed by atoms with Gasteiger partial charge in [-0.15, -0.1) is 0 Å². The normalized spacial score (nSPS) is 13.2. The molecule has 0 spiro atoms. The maximum absolute atomic E-state index is 14.4. The Labute approximate surface area is 317 Å². The number of benzene rings is 4. The number of fused-ring (bicyclic) bond motifs is 1. The van der Waals surface area contributed by atoms with Crippen LogP contribution in [0.3, 0.4) is 0 Å². The molecule has 0 saturated heterocycles. The van der Waals surface area contributed by atoms with Gasteiger partial charge in [-0.25, -0.2) is 0 Å². The van der Waals surface area contributed by atoms with Crippen molar-refractivity contribution in [2.75, 3.05) is 6.61 Å². The van der Waals surface area contributed by atoms with Gasteiger partial charge in [0.1, 0.15) is 54.1 Å². The van der Waals surface area contributed by atoms with Crippen molar-refractivity contribution in [2.24, 2.45) is 0 Å². The van der Waals surface area contributed by atoms with Crippen molar-refractivity contribution in [2.45, 2.75) is 72.4 Å². The molecule has 0 aliphatic rings. The number of aromatic hydroxyl groups is 1. The number of phenols is 1. The number of carbonyl (C=O) groups is 3. The molecule has 55 heavy (non-hydrogen) atoms. The first-order chi connectivity index (χ1) is 26.4. The Bertz CT molecular complexity index is 2130. The molecule has 0 saturated carbocycles. The van der Waals surface area contributed by atoms with E-state index in [1.165, 1.54) is 19.1 Å². The van der Waals surface area contributed by atoms with Crippen molar-refractivity contribution >= 4 is 28.9 Å². The van der Waals surface area contributed by atoms with E-state index in [1.807, 2.05) is 60.7 Å². The summed E-state index contributed by atoms with van der Waals surface area (Å²) in [7, 11) is 0. The lowest BCUT2D eigenvalue weighted by molar-refractivity contribution is -0.215. The molecule has 288 valence electrons. The Kier molecular flexibility index (Phi) is 13.5. The van der Waals surface area contributed by atoms with Gasteiger partial charge in [-0.1, -0.05) is 60.7 Å². The molecule has 0 radical (unpaired) electrons. The van der Waals surface area contributed by atoms with Crippen LogP contribution in [0.25, 0.3) is 22.3 Å². The molecule has 13 heteroatoms. The van der Waals surface area contributed by atoms with Crippen molar-refractivity contribution in [3.8, 4) is 34.3 Å². The van der Waals surface area contributed by atoms with E-state index in [2.05, 4.69) is 0 Å².